The van der Waals surface area contributed by atoms with Gasteiger partial charge in [0.25, 0.3) is 0 Å². The maximum Gasteiger partial charge on any atom is 0.246 e. The summed E-state index contributed by atoms with van der Waals surface area (Å²) in [7, 11) is -3.56. The predicted octanol–water partition coefficient (Wildman–Crippen LogP) is 3.02. The number of carbonyl (C=O) groups excluding carboxylic acids is 1. The molecule has 0 bridgehead atoms. The van der Waals surface area contributed by atoms with Crippen molar-refractivity contribution in [1.29, 1.82) is 0 Å². The molecule has 10 nitrogen and oxygen atoms in total. The highest BCUT2D eigenvalue weighted by Gasteiger charge is 2.21. The number of amides is 1. The zero-order valence-electron chi connectivity index (χ0n) is 18.4. The molecule has 0 unspecified atom stereocenters. The van der Waals surface area contributed by atoms with Gasteiger partial charge in [-0.25, -0.2) is 8.42 Å². The molecule has 1 aliphatic rings. The second kappa shape index (κ2) is 10.3. The molecular formula is C22H23ClN4O6S. The molecule has 0 fully saturated rings. The fraction of sp³-hybridized carbons (Fsp3) is 0.318. The number of sulfonamides is 1. The van der Waals surface area contributed by atoms with E-state index in [1.807, 2.05) is 0 Å². The topological polar surface area (TPSA) is 124 Å². The Labute approximate surface area is 201 Å². The maximum atomic E-state index is 12.3. The van der Waals surface area contributed by atoms with Crippen LogP contribution >= 0.6 is 11.6 Å². The molecule has 0 spiro atoms. The first-order valence-corrected chi connectivity index (χ1v) is 12.7. The Balaban J connectivity index is 1.30. The zero-order chi connectivity index (χ0) is 24.1. The standard InChI is InChI=1S/C22H23ClN4O6S/c1-34(29,30)27(17-7-8-18-19(13-17)32-11-10-31-18)9-3-6-20(28)24-14-21-25-22(26-33-21)15-4-2-5-16(23)12-15/h2,4-5,7-8,12-13H,3,6,9-11,14H2,1H3,(H,24,28). The van der Waals surface area contributed by atoms with Crippen LogP contribution in [0.2, 0.25) is 5.02 Å². The van der Waals surface area contributed by atoms with Gasteiger partial charge in [-0.2, -0.15) is 4.98 Å². The fourth-order valence-electron chi connectivity index (χ4n) is 3.39. The van der Waals surface area contributed by atoms with Gasteiger partial charge in [0, 0.05) is 29.6 Å². The molecule has 1 N–H and O–H groups in total. The van der Waals surface area contributed by atoms with E-state index < -0.39 is 10.0 Å². The molecular weight excluding hydrogens is 484 g/mol. The van der Waals surface area contributed by atoms with Crippen LogP contribution in [0.15, 0.2) is 47.0 Å². The first kappa shape index (κ1) is 23.8. The number of carbonyl (C=O) groups is 1. The number of aromatic nitrogens is 2. The summed E-state index contributed by atoms with van der Waals surface area (Å²) in [5, 5.41) is 7.15. The number of halogens is 1. The lowest BCUT2D eigenvalue weighted by atomic mass is 10.2. The molecule has 12 heteroatoms. The first-order chi connectivity index (χ1) is 16.3. The van der Waals surface area contributed by atoms with Crippen molar-refractivity contribution in [3.8, 4) is 22.9 Å². The van der Waals surface area contributed by atoms with Crippen LogP contribution in [0.25, 0.3) is 11.4 Å². The lowest BCUT2D eigenvalue weighted by Gasteiger charge is -2.25. The van der Waals surface area contributed by atoms with E-state index in [-0.39, 0.29) is 31.3 Å². The van der Waals surface area contributed by atoms with E-state index in [9.17, 15) is 13.2 Å². The molecule has 180 valence electrons. The summed E-state index contributed by atoms with van der Waals surface area (Å²) in [6, 6.07) is 12.0. The van der Waals surface area contributed by atoms with Gasteiger partial charge in [0.05, 0.1) is 18.5 Å². The van der Waals surface area contributed by atoms with Crippen LogP contribution in [0.5, 0.6) is 11.5 Å². The van der Waals surface area contributed by atoms with E-state index in [1.165, 1.54) is 4.31 Å². The molecule has 0 aliphatic carbocycles. The van der Waals surface area contributed by atoms with E-state index in [4.69, 9.17) is 25.6 Å². The Morgan fingerprint density at radius 3 is 2.71 bits per heavy atom. The number of hydrogen-bond acceptors (Lipinski definition) is 8. The van der Waals surface area contributed by atoms with Crippen LogP contribution in [0, 0.1) is 0 Å². The average Bonchev–Trinajstić information content (AvgIpc) is 3.29. The van der Waals surface area contributed by atoms with Crippen molar-refractivity contribution in [2.45, 2.75) is 19.4 Å². The molecule has 3 aromatic rings. The molecule has 0 radical (unpaired) electrons. The average molecular weight is 507 g/mol. The lowest BCUT2D eigenvalue weighted by Crippen LogP contribution is -2.32. The van der Waals surface area contributed by atoms with E-state index >= 15 is 0 Å². The molecule has 0 saturated carbocycles. The number of anilines is 1. The largest absolute Gasteiger partial charge is 0.486 e. The smallest absolute Gasteiger partial charge is 0.246 e. The summed E-state index contributed by atoms with van der Waals surface area (Å²) in [4.78, 5) is 16.5. The van der Waals surface area contributed by atoms with Gasteiger partial charge in [0.1, 0.15) is 13.2 Å². The van der Waals surface area contributed by atoms with Gasteiger partial charge in [0.2, 0.25) is 27.6 Å². The fourth-order valence-corrected chi connectivity index (χ4v) is 4.54. The van der Waals surface area contributed by atoms with Gasteiger partial charge in [0.15, 0.2) is 11.5 Å². The zero-order valence-corrected chi connectivity index (χ0v) is 19.9. The minimum atomic E-state index is -3.56. The number of nitrogens with zero attached hydrogens (tertiary/aromatic N) is 3. The SMILES string of the molecule is CS(=O)(=O)N(CCCC(=O)NCc1nc(-c2cccc(Cl)c2)no1)c1ccc2c(c1)OCCO2. The maximum absolute atomic E-state index is 12.3. The Morgan fingerprint density at radius 1 is 1.15 bits per heavy atom. The number of nitrogens with one attached hydrogen (secondary N) is 1. The van der Waals surface area contributed by atoms with Gasteiger partial charge < -0.3 is 19.3 Å². The second-order valence-electron chi connectivity index (χ2n) is 7.57. The van der Waals surface area contributed by atoms with E-state index in [1.54, 1.807) is 42.5 Å². The summed E-state index contributed by atoms with van der Waals surface area (Å²) in [5.74, 6) is 1.42. The van der Waals surface area contributed by atoms with Crippen LogP contribution in [0.3, 0.4) is 0 Å². The second-order valence-corrected chi connectivity index (χ2v) is 9.91. The van der Waals surface area contributed by atoms with Crippen molar-refractivity contribution in [2.24, 2.45) is 0 Å². The predicted molar refractivity (Wildman–Crippen MR) is 125 cm³/mol. The number of ether oxygens (including phenoxy) is 2. The number of hydrogen-bond donors (Lipinski definition) is 1. The molecule has 2 aromatic carbocycles. The summed E-state index contributed by atoms with van der Waals surface area (Å²) in [5.41, 5.74) is 1.15. The molecule has 34 heavy (non-hydrogen) atoms. The van der Waals surface area contributed by atoms with E-state index in [0.29, 0.717) is 53.2 Å². The Hall–Kier alpha value is -3.31. The lowest BCUT2D eigenvalue weighted by molar-refractivity contribution is -0.121. The summed E-state index contributed by atoms with van der Waals surface area (Å²) < 4.78 is 42.1. The summed E-state index contributed by atoms with van der Waals surface area (Å²) in [6.45, 7) is 1.04. The molecule has 1 aromatic heterocycles. The van der Waals surface area contributed by atoms with E-state index in [2.05, 4.69) is 15.5 Å². The minimum absolute atomic E-state index is 0.0599. The van der Waals surface area contributed by atoms with E-state index in [0.717, 1.165) is 6.26 Å². The quantitative estimate of drug-likeness (QED) is 0.469. The highest BCUT2D eigenvalue weighted by atomic mass is 35.5. The van der Waals surface area contributed by atoms with Gasteiger partial charge in [-0.3, -0.25) is 9.10 Å². The van der Waals surface area contributed by atoms with Gasteiger partial charge in [-0.1, -0.05) is 28.9 Å². The first-order valence-electron chi connectivity index (χ1n) is 10.5. The van der Waals surface area contributed by atoms with Gasteiger partial charge >= 0.3 is 0 Å². The molecule has 2 heterocycles. The van der Waals surface area contributed by atoms with Crippen molar-refractivity contribution >= 4 is 33.2 Å². The number of fused-ring (bicyclic) bond motifs is 1. The van der Waals surface area contributed by atoms with Gasteiger partial charge in [-0.05, 0) is 30.7 Å². The Morgan fingerprint density at radius 2 is 1.94 bits per heavy atom. The third kappa shape index (κ3) is 5.97. The van der Waals surface area contributed by atoms with Gasteiger partial charge in [-0.15, -0.1) is 0 Å². The van der Waals surface area contributed by atoms with Crippen LogP contribution in [-0.2, 0) is 21.4 Å². The molecule has 4 rings (SSSR count). The van der Waals surface area contributed by atoms with Crippen LogP contribution in [0.4, 0.5) is 5.69 Å². The summed E-state index contributed by atoms with van der Waals surface area (Å²) in [6.07, 6.45) is 1.55. The molecule has 1 aliphatic heterocycles. The number of rotatable bonds is 9. The van der Waals surface area contributed by atoms with Crippen molar-refractivity contribution in [3.63, 3.8) is 0 Å². The monoisotopic (exact) mass is 506 g/mol. The molecule has 0 atom stereocenters. The van der Waals surface area contributed by atoms with Crippen molar-refractivity contribution in [1.82, 2.24) is 15.5 Å². The highest BCUT2D eigenvalue weighted by Crippen LogP contribution is 2.34. The Bertz CT molecular complexity index is 1280. The molecule has 1 amide bonds. The summed E-state index contributed by atoms with van der Waals surface area (Å²) >= 11 is 5.98. The molecule has 0 saturated heterocycles. The third-order valence-corrected chi connectivity index (χ3v) is 6.40. The van der Waals surface area contributed by atoms with Crippen LogP contribution in [-0.4, -0.2) is 50.5 Å². The normalized spacial score (nSPS) is 12.9. The van der Waals surface area contributed by atoms with Crippen molar-refractivity contribution in [3.05, 3.63) is 53.4 Å². The van der Waals surface area contributed by atoms with Crippen LogP contribution < -0.4 is 19.1 Å². The van der Waals surface area contributed by atoms with Crippen molar-refractivity contribution in [2.75, 3.05) is 30.3 Å². The Kier molecular flexibility index (Phi) is 7.23. The van der Waals surface area contributed by atoms with Crippen LogP contribution in [0.1, 0.15) is 18.7 Å². The number of benzene rings is 2. The highest BCUT2D eigenvalue weighted by molar-refractivity contribution is 7.92. The minimum Gasteiger partial charge on any atom is -0.486 e. The van der Waals surface area contributed by atoms with Crippen molar-refractivity contribution < 1.29 is 27.2 Å². The third-order valence-electron chi connectivity index (χ3n) is 4.97.